The second kappa shape index (κ2) is 7.76. The molecule has 0 fully saturated rings. The van der Waals surface area contributed by atoms with E-state index in [1.165, 1.54) is 12.4 Å². The summed E-state index contributed by atoms with van der Waals surface area (Å²) in [5.41, 5.74) is 6.60. The van der Waals surface area contributed by atoms with Gasteiger partial charge in [0.1, 0.15) is 17.3 Å². The lowest BCUT2D eigenvalue weighted by Gasteiger charge is -2.17. The van der Waals surface area contributed by atoms with Crippen LogP contribution >= 0.6 is 0 Å². The summed E-state index contributed by atoms with van der Waals surface area (Å²) < 4.78 is 57.5. The SMILES string of the molecule is CCC(N=CN)c1cc(C)c(Oc2ccc(F)c(C(F)(F)F)c2)cc1C. The van der Waals surface area contributed by atoms with Crippen molar-refractivity contribution in [2.75, 3.05) is 0 Å². The van der Waals surface area contributed by atoms with E-state index in [-0.39, 0.29) is 11.8 Å². The van der Waals surface area contributed by atoms with E-state index in [1.807, 2.05) is 19.9 Å². The smallest absolute Gasteiger partial charge is 0.419 e. The Morgan fingerprint density at radius 1 is 1.15 bits per heavy atom. The van der Waals surface area contributed by atoms with Crippen LogP contribution in [0.15, 0.2) is 35.3 Å². The Morgan fingerprint density at radius 3 is 2.42 bits per heavy atom. The molecule has 7 heteroatoms. The van der Waals surface area contributed by atoms with Crippen molar-refractivity contribution in [2.24, 2.45) is 10.7 Å². The summed E-state index contributed by atoms with van der Waals surface area (Å²) in [6.45, 7) is 5.63. The number of benzene rings is 2. The molecule has 3 nitrogen and oxygen atoms in total. The normalized spacial score (nSPS) is 13.2. The van der Waals surface area contributed by atoms with Crippen molar-refractivity contribution in [2.45, 2.75) is 39.4 Å². The summed E-state index contributed by atoms with van der Waals surface area (Å²) in [4.78, 5) is 4.22. The van der Waals surface area contributed by atoms with Crippen LogP contribution in [0.2, 0.25) is 0 Å². The van der Waals surface area contributed by atoms with Crippen molar-refractivity contribution < 1.29 is 22.3 Å². The zero-order chi connectivity index (χ0) is 19.5. The van der Waals surface area contributed by atoms with Gasteiger partial charge >= 0.3 is 6.18 Å². The molecule has 0 radical (unpaired) electrons. The van der Waals surface area contributed by atoms with Crippen molar-refractivity contribution in [3.05, 3.63) is 58.4 Å². The molecule has 0 aliphatic rings. The third kappa shape index (κ3) is 4.33. The Balaban J connectivity index is 2.38. The highest BCUT2D eigenvalue weighted by Crippen LogP contribution is 2.36. The molecule has 2 aromatic carbocycles. The highest BCUT2D eigenvalue weighted by molar-refractivity contribution is 5.53. The summed E-state index contributed by atoms with van der Waals surface area (Å²) in [6, 6.07) is 6.08. The van der Waals surface area contributed by atoms with Crippen LogP contribution in [-0.4, -0.2) is 6.34 Å². The first-order valence-corrected chi connectivity index (χ1v) is 8.06. The van der Waals surface area contributed by atoms with Gasteiger partial charge in [-0.05, 0) is 67.3 Å². The molecule has 2 rings (SSSR count). The maximum absolute atomic E-state index is 13.4. The van der Waals surface area contributed by atoms with Crippen LogP contribution < -0.4 is 10.5 Å². The van der Waals surface area contributed by atoms with Gasteiger partial charge in [-0.3, -0.25) is 4.99 Å². The second-order valence-corrected chi connectivity index (χ2v) is 5.94. The molecular weight excluding hydrogens is 348 g/mol. The van der Waals surface area contributed by atoms with Crippen molar-refractivity contribution in [3.63, 3.8) is 0 Å². The lowest BCUT2D eigenvalue weighted by Crippen LogP contribution is -2.08. The Morgan fingerprint density at radius 2 is 1.85 bits per heavy atom. The fraction of sp³-hybridized carbons (Fsp3) is 0.316. The number of rotatable bonds is 5. The van der Waals surface area contributed by atoms with Crippen LogP contribution in [0.3, 0.4) is 0 Å². The number of hydrogen-bond donors (Lipinski definition) is 1. The number of nitrogens with two attached hydrogens (primary N) is 1. The summed E-state index contributed by atoms with van der Waals surface area (Å²) in [5, 5.41) is 0. The molecule has 1 unspecified atom stereocenters. The molecule has 0 aliphatic heterocycles. The van der Waals surface area contributed by atoms with Crippen molar-refractivity contribution in [1.29, 1.82) is 0 Å². The fourth-order valence-corrected chi connectivity index (χ4v) is 2.70. The number of alkyl halides is 3. The molecular formula is C19H20F4N2O. The molecule has 0 heterocycles. The standard InChI is InChI=1S/C19H20F4N2O/c1-4-17(25-10-24)14-7-12(3)18(8-11(14)2)26-13-5-6-16(20)15(9-13)19(21,22)23/h5-10,17H,4H2,1-3H3,(H2,24,25). The number of aliphatic imine (C=N–C) groups is 1. The average Bonchev–Trinajstić information content (AvgIpc) is 2.56. The van der Waals surface area contributed by atoms with Gasteiger partial charge < -0.3 is 10.5 Å². The maximum atomic E-state index is 13.4. The van der Waals surface area contributed by atoms with E-state index in [1.54, 1.807) is 13.0 Å². The van der Waals surface area contributed by atoms with Gasteiger partial charge in [0.15, 0.2) is 0 Å². The van der Waals surface area contributed by atoms with Gasteiger partial charge in [0.2, 0.25) is 0 Å². The van der Waals surface area contributed by atoms with E-state index in [9.17, 15) is 17.6 Å². The first kappa shape index (κ1) is 19.8. The molecule has 1 atom stereocenters. The highest BCUT2D eigenvalue weighted by atomic mass is 19.4. The van der Waals surface area contributed by atoms with Crippen LogP contribution in [0.1, 0.15) is 41.6 Å². The van der Waals surface area contributed by atoms with Crippen molar-refractivity contribution >= 4 is 6.34 Å². The second-order valence-electron chi connectivity index (χ2n) is 5.94. The molecule has 2 N–H and O–H groups in total. The molecule has 0 saturated heterocycles. The van der Waals surface area contributed by atoms with Gasteiger partial charge in [-0.25, -0.2) is 4.39 Å². The molecule has 0 amide bonds. The first-order chi connectivity index (χ1) is 12.2. The van der Waals surface area contributed by atoms with E-state index in [0.717, 1.165) is 29.2 Å². The zero-order valence-electron chi connectivity index (χ0n) is 14.7. The van der Waals surface area contributed by atoms with Crippen LogP contribution in [0.25, 0.3) is 0 Å². The average molecular weight is 368 g/mol. The van der Waals surface area contributed by atoms with Crippen molar-refractivity contribution in [1.82, 2.24) is 0 Å². The van der Waals surface area contributed by atoms with Gasteiger partial charge in [-0.1, -0.05) is 6.92 Å². The number of aryl methyl sites for hydroxylation is 2. The lowest BCUT2D eigenvalue weighted by atomic mass is 9.97. The van der Waals surface area contributed by atoms with Gasteiger partial charge in [0.25, 0.3) is 0 Å². The van der Waals surface area contributed by atoms with E-state index >= 15 is 0 Å². The monoisotopic (exact) mass is 368 g/mol. The van der Waals surface area contributed by atoms with Crippen molar-refractivity contribution in [3.8, 4) is 11.5 Å². The Labute approximate surface area is 149 Å². The summed E-state index contributed by atoms with van der Waals surface area (Å²) in [6.07, 6.45) is -2.78. The third-order valence-electron chi connectivity index (χ3n) is 4.05. The number of nitrogens with zero attached hydrogens (tertiary/aromatic N) is 1. The highest BCUT2D eigenvalue weighted by Gasteiger charge is 2.34. The number of halogens is 4. The molecule has 0 aromatic heterocycles. The molecule has 0 spiro atoms. The van der Waals surface area contributed by atoms with E-state index < -0.39 is 17.6 Å². The largest absolute Gasteiger partial charge is 0.457 e. The predicted octanol–water partition coefficient (Wildman–Crippen LogP) is 5.69. The predicted molar refractivity (Wildman–Crippen MR) is 93.1 cm³/mol. The first-order valence-electron chi connectivity index (χ1n) is 8.06. The minimum Gasteiger partial charge on any atom is -0.457 e. The van der Waals surface area contributed by atoms with Crippen LogP contribution in [-0.2, 0) is 6.18 Å². The molecule has 0 aliphatic carbocycles. The third-order valence-corrected chi connectivity index (χ3v) is 4.05. The summed E-state index contributed by atoms with van der Waals surface area (Å²) in [5.74, 6) is -1.02. The van der Waals surface area contributed by atoms with Crippen LogP contribution in [0, 0.1) is 19.7 Å². The quantitative estimate of drug-likeness (QED) is 0.419. The Kier molecular flexibility index (Phi) is 5.90. The zero-order valence-corrected chi connectivity index (χ0v) is 14.7. The molecule has 26 heavy (non-hydrogen) atoms. The fourth-order valence-electron chi connectivity index (χ4n) is 2.70. The summed E-state index contributed by atoms with van der Waals surface area (Å²) in [7, 11) is 0. The molecule has 2 aromatic rings. The molecule has 0 bridgehead atoms. The van der Waals surface area contributed by atoms with E-state index in [2.05, 4.69) is 4.99 Å². The molecule has 140 valence electrons. The van der Waals surface area contributed by atoms with Crippen LogP contribution in [0.5, 0.6) is 11.5 Å². The minimum atomic E-state index is -4.78. The topological polar surface area (TPSA) is 47.6 Å². The minimum absolute atomic E-state index is 0.0824. The van der Waals surface area contributed by atoms with E-state index in [4.69, 9.17) is 10.5 Å². The van der Waals surface area contributed by atoms with Gasteiger partial charge in [-0.2, -0.15) is 13.2 Å². The van der Waals surface area contributed by atoms with Gasteiger partial charge in [0, 0.05) is 0 Å². The van der Waals surface area contributed by atoms with Crippen LogP contribution in [0.4, 0.5) is 17.6 Å². The lowest BCUT2D eigenvalue weighted by molar-refractivity contribution is -0.140. The maximum Gasteiger partial charge on any atom is 0.419 e. The van der Waals surface area contributed by atoms with E-state index in [0.29, 0.717) is 11.8 Å². The Bertz CT molecular complexity index is 816. The molecule has 0 saturated carbocycles. The number of ether oxygens (including phenoxy) is 1. The number of hydrogen-bond acceptors (Lipinski definition) is 2. The summed E-state index contributed by atoms with van der Waals surface area (Å²) >= 11 is 0. The van der Waals surface area contributed by atoms with Gasteiger partial charge in [-0.15, -0.1) is 0 Å². The van der Waals surface area contributed by atoms with Gasteiger partial charge in [0.05, 0.1) is 17.9 Å². The Hall–Kier alpha value is -2.57.